The van der Waals surface area contributed by atoms with Crippen LogP contribution >= 0.6 is 11.8 Å². The zero-order valence-corrected chi connectivity index (χ0v) is 16.7. The predicted molar refractivity (Wildman–Crippen MR) is 112 cm³/mol. The monoisotopic (exact) mass is 384 g/mol. The molecule has 27 heavy (non-hydrogen) atoms. The molecular formula is C22H28N2O2S. The third-order valence-corrected chi connectivity index (χ3v) is 5.94. The van der Waals surface area contributed by atoms with Crippen LogP contribution in [0.2, 0.25) is 0 Å². The van der Waals surface area contributed by atoms with Gasteiger partial charge in [-0.05, 0) is 18.1 Å². The van der Waals surface area contributed by atoms with Crippen molar-refractivity contribution in [1.29, 1.82) is 0 Å². The van der Waals surface area contributed by atoms with Gasteiger partial charge in [0.1, 0.15) is 0 Å². The highest BCUT2D eigenvalue weighted by molar-refractivity contribution is 7.99. The van der Waals surface area contributed by atoms with Gasteiger partial charge in [0.15, 0.2) is 0 Å². The number of hydrogen-bond acceptors (Lipinski definition) is 4. The zero-order valence-electron chi connectivity index (χ0n) is 15.9. The number of carbonyl (C=O) groups excluding carboxylic acids is 1. The Kier molecular flexibility index (Phi) is 7.33. The van der Waals surface area contributed by atoms with Gasteiger partial charge in [-0.2, -0.15) is 0 Å². The quantitative estimate of drug-likeness (QED) is 0.797. The minimum absolute atomic E-state index is 0.218. The van der Waals surface area contributed by atoms with E-state index in [4.69, 9.17) is 0 Å². The summed E-state index contributed by atoms with van der Waals surface area (Å²) < 4.78 is 0. The fourth-order valence-corrected chi connectivity index (χ4v) is 4.12. The average Bonchev–Trinajstić information content (AvgIpc) is 2.70. The summed E-state index contributed by atoms with van der Waals surface area (Å²) in [5.41, 5.74) is 3.47. The summed E-state index contributed by atoms with van der Waals surface area (Å²) in [6, 6.07) is 18.2. The molecule has 2 aromatic rings. The Labute approximate surface area is 166 Å². The molecule has 1 aliphatic rings. The molecule has 0 aliphatic carbocycles. The van der Waals surface area contributed by atoms with Gasteiger partial charge >= 0.3 is 0 Å². The first kappa shape index (κ1) is 19.9. The van der Waals surface area contributed by atoms with Gasteiger partial charge in [0.2, 0.25) is 5.91 Å². The third kappa shape index (κ3) is 6.09. The molecule has 0 saturated carbocycles. The number of nitrogens with zero attached hydrogens (tertiary/aromatic N) is 2. The summed E-state index contributed by atoms with van der Waals surface area (Å²) in [7, 11) is 0. The van der Waals surface area contributed by atoms with Crippen molar-refractivity contribution in [3.8, 4) is 0 Å². The second-order valence-electron chi connectivity index (χ2n) is 7.09. The first-order valence-electron chi connectivity index (χ1n) is 9.48. The van der Waals surface area contributed by atoms with Crippen LogP contribution in [-0.4, -0.2) is 59.3 Å². The SMILES string of the molecule is Cc1ccc(CSCC(=O)N2CCN(CC(O)c3ccccc3)CC2)cc1. The summed E-state index contributed by atoms with van der Waals surface area (Å²) in [4.78, 5) is 16.6. The molecule has 0 aromatic heterocycles. The van der Waals surface area contributed by atoms with E-state index in [1.54, 1.807) is 11.8 Å². The van der Waals surface area contributed by atoms with Crippen LogP contribution in [0.25, 0.3) is 0 Å². The Bertz CT molecular complexity index is 713. The van der Waals surface area contributed by atoms with E-state index in [1.165, 1.54) is 11.1 Å². The maximum absolute atomic E-state index is 12.4. The predicted octanol–water partition coefficient (Wildman–Crippen LogP) is 3.11. The molecule has 1 heterocycles. The van der Waals surface area contributed by atoms with Gasteiger partial charge in [0, 0.05) is 38.5 Å². The van der Waals surface area contributed by atoms with Crippen LogP contribution in [0.5, 0.6) is 0 Å². The summed E-state index contributed by atoms with van der Waals surface area (Å²) in [6.07, 6.45) is -0.474. The largest absolute Gasteiger partial charge is 0.387 e. The van der Waals surface area contributed by atoms with E-state index in [0.29, 0.717) is 12.3 Å². The number of rotatable bonds is 7. The van der Waals surface area contributed by atoms with Gasteiger partial charge < -0.3 is 10.0 Å². The number of piperazine rings is 1. The van der Waals surface area contributed by atoms with E-state index in [-0.39, 0.29) is 5.91 Å². The minimum Gasteiger partial charge on any atom is -0.387 e. The number of thioether (sulfide) groups is 1. The molecule has 0 radical (unpaired) electrons. The fraction of sp³-hybridized carbons (Fsp3) is 0.409. The van der Waals surface area contributed by atoms with E-state index in [2.05, 4.69) is 36.1 Å². The normalized spacial score (nSPS) is 16.3. The molecule has 1 amide bonds. The van der Waals surface area contributed by atoms with Crippen molar-refractivity contribution in [2.24, 2.45) is 0 Å². The number of benzene rings is 2. The number of aliphatic hydroxyl groups excluding tert-OH is 1. The third-order valence-electron chi connectivity index (χ3n) is 4.96. The van der Waals surface area contributed by atoms with Crippen LogP contribution in [-0.2, 0) is 10.5 Å². The van der Waals surface area contributed by atoms with Gasteiger partial charge in [-0.3, -0.25) is 9.69 Å². The van der Waals surface area contributed by atoms with Crippen molar-refractivity contribution in [3.05, 3.63) is 71.3 Å². The summed E-state index contributed by atoms with van der Waals surface area (Å²) in [6.45, 7) is 5.82. The Morgan fingerprint density at radius 2 is 1.70 bits per heavy atom. The molecule has 3 rings (SSSR count). The number of β-amino-alcohol motifs (C(OH)–C–C–N with tert-alkyl or cyclic N) is 1. The zero-order chi connectivity index (χ0) is 19.1. The Morgan fingerprint density at radius 1 is 1.04 bits per heavy atom. The minimum atomic E-state index is -0.474. The molecule has 2 aromatic carbocycles. The Hall–Kier alpha value is -1.82. The van der Waals surface area contributed by atoms with Crippen molar-refractivity contribution in [2.45, 2.75) is 18.8 Å². The van der Waals surface area contributed by atoms with Gasteiger partial charge in [-0.15, -0.1) is 11.8 Å². The molecule has 144 valence electrons. The number of amides is 1. The van der Waals surface area contributed by atoms with Gasteiger partial charge in [-0.1, -0.05) is 60.2 Å². The van der Waals surface area contributed by atoms with E-state index < -0.39 is 6.10 Å². The van der Waals surface area contributed by atoms with E-state index >= 15 is 0 Å². The lowest BCUT2D eigenvalue weighted by atomic mass is 10.1. The molecular weight excluding hydrogens is 356 g/mol. The lowest BCUT2D eigenvalue weighted by Gasteiger charge is -2.35. The first-order chi connectivity index (χ1) is 13.1. The van der Waals surface area contributed by atoms with E-state index in [1.807, 2.05) is 35.2 Å². The van der Waals surface area contributed by atoms with E-state index in [0.717, 1.165) is 37.5 Å². The molecule has 1 aliphatic heterocycles. The average molecular weight is 385 g/mol. The van der Waals surface area contributed by atoms with Crippen LogP contribution in [0.3, 0.4) is 0 Å². The number of carbonyl (C=O) groups is 1. The molecule has 1 fully saturated rings. The highest BCUT2D eigenvalue weighted by atomic mass is 32.2. The van der Waals surface area contributed by atoms with Crippen molar-refractivity contribution in [3.63, 3.8) is 0 Å². The summed E-state index contributed by atoms with van der Waals surface area (Å²) in [5, 5.41) is 10.4. The van der Waals surface area contributed by atoms with Gasteiger partial charge in [-0.25, -0.2) is 0 Å². The van der Waals surface area contributed by atoms with E-state index in [9.17, 15) is 9.90 Å². The molecule has 4 nitrogen and oxygen atoms in total. The molecule has 1 saturated heterocycles. The molecule has 5 heteroatoms. The lowest BCUT2D eigenvalue weighted by Crippen LogP contribution is -2.50. The maximum Gasteiger partial charge on any atom is 0.232 e. The lowest BCUT2D eigenvalue weighted by molar-refractivity contribution is -0.130. The number of aryl methyl sites for hydroxylation is 1. The maximum atomic E-state index is 12.4. The van der Waals surface area contributed by atoms with Crippen LogP contribution in [0.4, 0.5) is 0 Å². The highest BCUT2D eigenvalue weighted by Crippen LogP contribution is 2.17. The van der Waals surface area contributed by atoms with Crippen molar-refractivity contribution in [2.75, 3.05) is 38.5 Å². The standard InChI is InChI=1S/C22H28N2O2S/c1-18-7-9-19(10-8-18)16-27-17-22(26)24-13-11-23(12-14-24)15-21(25)20-5-3-2-4-6-20/h2-10,21,25H,11-17H2,1H3. The molecule has 1 unspecified atom stereocenters. The topological polar surface area (TPSA) is 43.8 Å². The second-order valence-corrected chi connectivity index (χ2v) is 8.07. The van der Waals surface area contributed by atoms with Crippen molar-refractivity contribution >= 4 is 17.7 Å². The fourth-order valence-electron chi connectivity index (χ4n) is 3.24. The Morgan fingerprint density at radius 3 is 2.37 bits per heavy atom. The van der Waals surface area contributed by atoms with Crippen LogP contribution < -0.4 is 0 Å². The summed E-state index contributed by atoms with van der Waals surface area (Å²) >= 11 is 1.68. The molecule has 1 N–H and O–H groups in total. The smallest absolute Gasteiger partial charge is 0.232 e. The van der Waals surface area contributed by atoms with Crippen LogP contribution in [0.15, 0.2) is 54.6 Å². The molecule has 1 atom stereocenters. The van der Waals surface area contributed by atoms with Gasteiger partial charge in [0.05, 0.1) is 11.9 Å². The Balaban J connectivity index is 1.37. The number of aliphatic hydroxyl groups is 1. The molecule has 0 spiro atoms. The van der Waals surface area contributed by atoms with Crippen LogP contribution in [0.1, 0.15) is 22.8 Å². The van der Waals surface area contributed by atoms with Crippen molar-refractivity contribution < 1.29 is 9.90 Å². The first-order valence-corrected chi connectivity index (χ1v) is 10.6. The van der Waals surface area contributed by atoms with Crippen molar-refractivity contribution in [1.82, 2.24) is 9.80 Å². The second kappa shape index (κ2) is 9.93. The number of hydrogen-bond donors (Lipinski definition) is 1. The summed E-state index contributed by atoms with van der Waals surface area (Å²) in [5.74, 6) is 1.62. The highest BCUT2D eigenvalue weighted by Gasteiger charge is 2.22. The van der Waals surface area contributed by atoms with Crippen LogP contribution in [0, 0.1) is 6.92 Å². The molecule has 0 bridgehead atoms. The van der Waals surface area contributed by atoms with Gasteiger partial charge in [0.25, 0.3) is 0 Å².